The normalized spacial score (nSPS) is 23.3. The molecule has 24 heavy (non-hydrogen) atoms. The van der Waals surface area contributed by atoms with Crippen LogP contribution in [-0.4, -0.2) is 37.3 Å². The van der Waals surface area contributed by atoms with Gasteiger partial charge < -0.3 is 5.32 Å². The SMILES string of the molecule is C[C@@H]1CCCCN1S(=O)(=O)c1cccc(C(=O)NC2CCCC2)c1. The standard InChI is InChI=1S/C18H26N2O3S/c1-14-7-4-5-12-20(14)24(22,23)17-11-6-8-15(13-17)18(21)19-16-9-2-3-10-16/h6,8,11,13-14,16H,2-5,7,9-10,12H2,1H3,(H,19,21)/t14-/m1/s1. The summed E-state index contributed by atoms with van der Waals surface area (Å²) in [4.78, 5) is 12.6. The van der Waals surface area contributed by atoms with Crippen LogP contribution in [0.15, 0.2) is 29.2 Å². The number of rotatable bonds is 4. The molecule has 1 heterocycles. The zero-order valence-electron chi connectivity index (χ0n) is 14.2. The molecule has 0 aromatic heterocycles. The molecule has 132 valence electrons. The van der Waals surface area contributed by atoms with Crippen molar-refractivity contribution in [1.29, 1.82) is 0 Å². The molecule has 5 nitrogen and oxygen atoms in total. The van der Waals surface area contributed by atoms with Crippen molar-refractivity contribution >= 4 is 15.9 Å². The van der Waals surface area contributed by atoms with Crippen LogP contribution in [0.2, 0.25) is 0 Å². The van der Waals surface area contributed by atoms with Crippen LogP contribution in [0.3, 0.4) is 0 Å². The molecule has 1 aromatic carbocycles. The van der Waals surface area contributed by atoms with E-state index in [2.05, 4.69) is 5.32 Å². The van der Waals surface area contributed by atoms with Crippen molar-refractivity contribution in [2.75, 3.05) is 6.54 Å². The lowest BCUT2D eigenvalue weighted by Crippen LogP contribution is -2.42. The molecule has 0 spiro atoms. The predicted molar refractivity (Wildman–Crippen MR) is 93.4 cm³/mol. The van der Waals surface area contributed by atoms with Gasteiger partial charge in [-0.25, -0.2) is 8.42 Å². The Bertz CT molecular complexity index is 696. The Morgan fingerprint density at radius 1 is 1.12 bits per heavy atom. The number of sulfonamides is 1. The Morgan fingerprint density at radius 3 is 2.54 bits per heavy atom. The molecule has 0 unspecified atom stereocenters. The minimum absolute atomic E-state index is 0.0136. The van der Waals surface area contributed by atoms with Crippen molar-refractivity contribution in [3.05, 3.63) is 29.8 Å². The smallest absolute Gasteiger partial charge is 0.251 e. The third-order valence-electron chi connectivity index (χ3n) is 5.14. The first kappa shape index (κ1) is 17.4. The van der Waals surface area contributed by atoms with E-state index in [0.29, 0.717) is 12.1 Å². The molecule has 1 aliphatic carbocycles. The van der Waals surface area contributed by atoms with Gasteiger partial charge in [0, 0.05) is 24.2 Å². The maximum absolute atomic E-state index is 12.9. The van der Waals surface area contributed by atoms with E-state index in [-0.39, 0.29) is 22.9 Å². The van der Waals surface area contributed by atoms with Crippen LogP contribution in [-0.2, 0) is 10.0 Å². The van der Waals surface area contributed by atoms with E-state index in [1.54, 1.807) is 22.5 Å². The van der Waals surface area contributed by atoms with E-state index >= 15 is 0 Å². The average Bonchev–Trinajstić information content (AvgIpc) is 3.08. The summed E-state index contributed by atoms with van der Waals surface area (Å²) in [6, 6.07) is 6.68. The average molecular weight is 350 g/mol. The van der Waals surface area contributed by atoms with Crippen LogP contribution in [0.4, 0.5) is 0 Å². The summed E-state index contributed by atoms with van der Waals surface area (Å²) in [5.41, 5.74) is 0.424. The third-order valence-corrected chi connectivity index (χ3v) is 7.14. The van der Waals surface area contributed by atoms with E-state index in [1.807, 2.05) is 6.92 Å². The van der Waals surface area contributed by atoms with Crippen molar-refractivity contribution in [3.8, 4) is 0 Å². The van der Waals surface area contributed by atoms with E-state index in [0.717, 1.165) is 44.9 Å². The van der Waals surface area contributed by atoms with Gasteiger partial charge in [0.15, 0.2) is 0 Å². The first-order chi connectivity index (χ1) is 11.5. The zero-order chi connectivity index (χ0) is 17.2. The van der Waals surface area contributed by atoms with Gasteiger partial charge in [0.2, 0.25) is 10.0 Å². The van der Waals surface area contributed by atoms with Gasteiger partial charge in [-0.3, -0.25) is 4.79 Å². The molecule has 1 amide bonds. The number of amides is 1. The van der Waals surface area contributed by atoms with Gasteiger partial charge in [-0.2, -0.15) is 4.31 Å². The molecule has 1 aliphatic heterocycles. The molecule has 1 atom stereocenters. The van der Waals surface area contributed by atoms with Crippen LogP contribution in [0.5, 0.6) is 0 Å². The summed E-state index contributed by atoms with van der Waals surface area (Å²) in [6.45, 7) is 2.51. The second-order valence-corrected chi connectivity index (χ2v) is 8.83. The highest BCUT2D eigenvalue weighted by atomic mass is 32.2. The number of hydrogen-bond acceptors (Lipinski definition) is 3. The summed E-state index contributed by atoms with van der Waals surface area (Å²) < 4.78 is 27.4. The Labute approximate surface area is 144 Å². The molecule has 1 saturated heterocycles. The van der Waals surface area contributed by atoms with Crippen LogP contribution >= 0.6 is 0 Å². The van der Waals surface area contributed by atoms with Gasteiger partial charge in [-0.05, 0) is 50.8 Å². The number of hydrogen-bond donors (Lipinski definition) is 1. The van der Waals surface area contributed by atoms with Crippen molar-refractivity contribution in [1.82, 2.24) is 9.62 Å². The fraction of sp³-hybridized carbons (Fsp3) is 0.611. The molecule has 0 bridgehead atoms. The van der Waals surface area contributed by atoms with Crippen molar-refractivity contribution in [2.24, 2.45) is 0 Å². The third kappa shape index (κ3) is 3.64. The maximum atomic E-state index is 12.9. The van der Waals surface area contributed by atoms with E-state index < -0.39 is 10.0 Å². The summed E-state index contributed by atoms with van der Waals surface area (Å²) in [6.07, 6.45) is 7.16. The van der Waals surface area contributed by atoms with Crippen LogP contribution in [0.25, 0.3) is 0 Å². The van der Waals surface area contributed by atoms with Crippen LogP contribution in [0.1, 0.15) is 62.2 Å². The lowest BCUT2D eigenvalue weighted by Gasteiger charge is -2.32. The largest absolute Gasteiger partial charge is 0.349 e. The summed E-state index contributed by atoms with van der Waals surface area (Å²) >= 11 is 0. The summed E-state index contributed by atoms with van der Waals surface area (Å²) in [7, 11) is -3.54. The molecule has 2 fully saturated rings. The maximum Gasteiger partial charge on any atom is 0.251 e. The highest BCUT2D eigenvalue weighted by molar-refractivity contribution is 7.89. The molecular weight excluding hydrogens is 324 g/mol. The summed E-state index contributed by atoms with van der Waals surface area (Å²) in [5, 5.41) is 3.01. The van der Waals surface area contributed by atoms with Crippen molar-refractivity contribution in [2.45, 2.75) is 68.8 Å². The number of piperidine rings is 1. The number of nitrogens with one attached hydrogen (secondary N) is 1. The fourth-order valence-electron chi connectivity index (χ4n) is 3.70. The zero-order valence-corrected chi connectivity index (χ0v) is 15.0. The Balaban J connectivity index is 1.80. The molecule has 3 rings (SSSR count). The minimum Gasteiger partial charge on any atom is -0.349 e. The highest BCUT2D eigenvalue weighted by Crippen LogP contribution is 2.25. The first-order valence-electron chi connectivity index (χ1n) is 8.91. The lowest BCUT2D eigenvalue weighted by atomic mass is 10.1. The molecule has 2 aliphatic rings. The fourth-order valence-corrected chi connectivity index (χ4v) is 5.45. The molecule has 1 N–H and O–H groups in total. The quantitative estimate of drug-likeness (QED) is 0.908. The number of benzene rings is 1. The molecule has 1 aromatic rings. The number of carbonyl (C=O) groups excluding carboxylic acids is 1. The first-order valence-corrected chi connectivity index (χ1v) is 10.4. The van der Waals surface area contributed by atoms with Gasteiger partial charge in [0.25, 0.3) is 5.91 Å². The molecule has 0 radical (unpaired) electrons. The Kier molecular flexibility index (Phi) is 5.25. The van der Waals surface area contributed by atoms with E-state index in [9.17, 15) is 13.2 Å². The van der Waals surface area contributed by atoms with Crippen molar-refractivity contribution < 1.29 is 13.2 Å². The molecule has 6 heteroatoms. The van der Waals surface area contributed by atoms with Gasteiger partial charge in [-0.15, -0.1) is 0 Å². The van der Waals surface area contributed by atoms with Crippen LogP contribution in [0, 0.1) is 0 Å². The number of nitrogens with zero attached hydrogens (tertiary/aromatic N) is 1. The predicted octanol–water partition coefficient (Wildman–Crippen LogP) is 2.92. The minimum atomic E-state index is -3.54. The monoisotopic (exact) mass is 350 g/mol. The second kappa shape index (κ2) is 7.23. The number of carbonyl (C=O) groups is 1. The van der Waals surface area contributed by atoms with Gasteiger partial charge in [0.05, 0.1) is 4.90 Å². The van der Waals surface area contributed by atoms with Crippen molar-refractivity contribution in [3.63, 3.8) is 0 Å². The van der Waals surface area contributed by atoms with E-state index in [4.69, 9.17) is 0 Å². The van der Waals surface area contributed by atoms with Crippen LogP contribution < -0.4 is 5.32 Å². The summed E-state index contributed by atoms with van der Waals surface area (Å²) in [5.74, 6) is -0.175. The second-order valence-electron chi connectivity index (χ2n) is 6.94. The topological polar surface area (TPSA) is 66.5 Å². The van der Waals surface area contributed by atoms with E-state index in [1.165, 1.54) is 6.07 Å². The Hall–Kier alpha value is -1.40. The van der Waals surface area contributed by atoms with Gasteiger partial charge >= 0.3 is 0 Å². The molecular formula is C18H26N2O3S. The lowest BCUT2D eigenvalue weighted by molar-refractivity contribution is 0.0937. The molecule has 1 saturated carbocycles. The van der Waals surface area contributed by atoms with Gasteiger partial charge in [0.1, 0.15) is 0 Å². The Morgan fingerprint density at radius 2 is 1.83 bits per heavy atom. The van der Waals surface area contributed by atoms with Gasteiger partial charge in [-0.1, -0.05) is 25.3 Å². The highest BCUT2D eigenvalue weighted by Gasteiger charge is 2.31.